The number of nitriles is 1. The summed E-state index contributed by atoms with van der Waals surface area (Å²) in [6, 6.07) is 5.89. The van der Waals surface area contributed by atoms with Crippen molar-refractivity contribution < 1.29 is 4.74 Å². The quantitative estimate of drug-likeness (QED) is 0.710. The Bertz CT molecular complexity index is 410. The van der Waals surface area contributed by atoms with E-state index in [4.69, 9.17) is 10.00 Å². The minimum absolute atomic E-state index is 0.509. The number of aromatic nitrogens is 1. The Balaban J connectivity index is 1.55. The lowest BCUT2D eigenvalue weighted by molar-refractivity contribution is 0.122. The van der Waals surface area contributed by atoms with Crippen LogP contribution in [-0.4, -0.2) is 24.7 Å². The molecule has 0 bridgehead atoms. The summed E-state index contributed by atoms with van der Waals surface area (Å²) in [5.41, 5.74) is 1.47. The number of pyridine rings is 1. The standard InChI is InChI=1S/C14H19N3O/c15-9-14-13(3-1-7-17-14)10-16-6-2-8-18-11-12-4-5-12/h1,3,7,12,16H,2,4-6,8,10-11H2. The molecule has 0 aliphatic heterocycles. The average molecular weight is 245 g/mol. The first-order valence-corrected chi connectivity index (χ1v) is 6.52. The molecule has 1 N–H and O–H groups in total. The van der Waals surface area contributed by atoms with E-state index in [1.54, 1.807) is 6.20 Å². The van der Waals surface area contributed by atoms with E-state index in [0.29, 0.717) is 12.2 Å². The number of nitrogens with zero attached hydrogens (tertiary/aromatic N) is 2. The van der Waals surface area contributed by atoms with Crippen LogP contribution >= 0.6 is 0 Å². The van der Waals surface area contributed by atoms with Gasteiger partial charge in [-0.1, -0.05) is 6.07 Å². The Morgan fingerprint density at radius 2 is 2.39 bits per heavy atom. The Hall–Kier alpha value is -1.44. The molecule has 1 heterocycles. The summed E-state index contributed by atoms with van der Waals surface area (Å²) in [6.45, 7) is 3.35. The number of ether oxygens (including phenoxy) is 1. The third-order valence-corrected chi connectivity index (χ3v) is 3.01. The second kappa shape index (κ2) is 7.10. The van der Waals surface area contributed by atoms with Gasteiger partial charge in [0.05, 0.1) is 0 Å². The number of rotatable bonds is 8. The molecule has 4 heteroatoms. The van der Waals surface area contributed by atoms with E-state index in [9.17, 15) is 0 Å². The predicted octanol–water partition coefficient (Wildman–Crippen LogP) is 1.86. The van der Waals surface area contributed by atoms with Gasteiger partial charge in [-0.25, -0.2) is 4.98 Å². The van der Waals surface area contributed by atoms with Crippen LogP contribution in [-0.2, 0) is 11.3 Å². The SMILES string of the molecule is N#Cc1ncccc1CNCCCOCC1CC1. The normalized spacial score (nSPS) is 14.4. The molecule has 1 saturated carbocycles. The van der Waals surface area contributed by atoms with Crippen molar-refractivity contribution in [3.63, 3.8) is 0 Å². The molecule has 1 aromatic heterocycles. The van der Waals surface area contributed by atoms with Crippen LogP contribution in [0.2, 0.25) is 0 Å². The van der Waals surface area contributed by atoms with Crippen molar-refractivity contribution in [1.82, 2.24) is 10.3 Å². The molecule has 2 rings (SSSR count). The fourth-order valence-corrected chi connectivity index (χ4v) is 1.74. The second-order valence-corrected chi connectivity index (χ2v) is 4.67. The van der Waals surface area contributed by atoms with E-state index in [0.717, 1.165) is 37.7 Å². The number of hydrogen-bond acceptors (Lipinski definition) is 4. The van der Waals surface area contributed by atoms with Crippen molar-refractivity contribution in [1.29, 1.82) is 5.26 Å². The molecule has 1 aliphatic rings. The van der Waals surface area contributed by atoms with Gasteiger partial charge in [-0.15, -0.1) is 0 Å². The molecular formula is C14H19N3O. The summed E-state index contributed by atoms with van der Waals surface area (Å²) < 4.78 is 5.55. The van der Waals surface area contributed by atoms with Crippen LogP contribution in [0.15, 0.2) is 18.3 Å². The molecule has 0 unspecified atom stereocenters. The van der Waals surface area contributed by atoms with Gasteiger partial charge >= 0.3 is 0 Å². The van der Waals surface area contributed by atoms with Crippen LogP contribution in [0.4, 0.5) is 0 Å². The monoisotopic (exact) mass is 245 g/mol. The maximum atomic E-state index is 8.89. The molecule has 0 aromatic carbocycles. The zero-order chi connectivity index (χ0) is 12.6. The van der Waals surface area contributed by atoms with Crippen LogP contribution in [0.1, 0.15) is 30.5 Å². The van der Waals surface area contributed by atoms with E-state index in [1.807, 2.05) is 12.1 Å². The van der Waals surface area contributed by atoms with E-state index in [2.05, 4.69) is 16.4 Å². The first-order valence-electron chi connectivity index (χ1n) is 6.52. The Kier molecular flexibility index (Phi) is 5.13. The Labute approximate surface area is 108 Å². The van der Waals surface area contributed by atoms with E-state index >= 15 is 0 Å². The minimum Gasteiger partial charge on any atom is -0.381 e. The van der Waals surface area contributed by atoms with Crippen LogP contribution in [0.3, 0.4) is 0 Å². The molecule has 1 fully saturated rings. The summed E-state index contributed by atoms with van der Waals surface area (Å²) >= 11 is 0. The lowest BCUT2D eigenvalue weighted by Crippen LogP contribution is -2.17. The van der Waals surface area contributed by atoms with Crippen molar-refractivity contribution in [2.24, 2.45) is 5.92 Å². The minimum atomic E-state index is 0.509. The fourth-order valence-electron chi connectivity index (χ4n) is 1.74. The second-order valence-electron chi connectivity index (χ2n) is 4.67. The van der Waals surface area contributed by atoms with Gasteiger partial charge in [-0.3, -0.25) is 0 Å². The molecule has 96 valence electrons. The average Bonchev–Trinajstić information content (AvgIpc) is 3.22. The molecule has 18 heavy (non-hydrogen) atoms. The highest BCUT2D eigenvalue weighted by Gasteiger charge is 2.20. The van der Waals surface area contributed by atoms with Crippen molar-refractivity contribution in [2.75, 3.05) is 19.8 Å². The molecule has 0 atom stereocenters. The third kappa shape index (κ3) is 4.44. The van der Waals surface area contributed by atoms with Gasteiger partial charge < -0.3 is 10.1 Å². The van der Waals surface area contributed by atoms with Crippen molar-refractivity contribution in [3.8, 4) is 6.07 Å². The highest BCUT2D eigenvalue weighted by molar-refractivity contribution is 5.30. The lowest BCUT2D eigenvalue weighted by atomic mass is 10.2. The first kappa shape index (κ1) is 13.0. The highest BCUT2D eigenvalue weighted by Crippen LogP contribution is 2.28. The van der Waals surface area contributed by atoms with Crippen LogP contribution < -0.4 is 5.32 Å². The lowest BCUT2D eigenvalue weighted by Gasteiger charge is -2.06. The van der Waals surface area contributed by atoms with E-state index < -0.39 is 0 Å². The molecular weight excluding hydrogens is 226 g/mol. The van der Waals surface area contributed by atoms with E-state index in [1.165, 1.54) is 12.8 Å². The van der Waals surface area contributed by atoms with E-state index in [-0.39, 0.29) is 0 Å². The molecule has 4 nitrogen and oxygen atoms in total. The molecule has 1 aromatic rings. The first-order chi connectivity index (χ1) is 8.90. The van der Waals surface area contributed by atoms with Gasteiger partial charge in [-0.2, -0.15) is 5.26 Å². The summed E-state index contributed by atoms with van der Waals surface area (Å²) in [7, 11) is 0. The Morgan fingerprint density at radius 3 is 3.17 bits per heavy atom. The summed E-state index contributed by atoms with van der Waals surface area (Å²) in [6.07, 6.45) is 5.34. The third-order valence-electron chi connectivity index (χ3n) is 3.01. The summed E-state index contributed by atoms with van der Waals surface area (Å²) in [4.78, 5) is 4.03. The zero-order valence-corrected chi connectivity index (χ0v) is 10.6. The Morgan fingerprint density at radius 1 is 1.50 bits per heavy atom. The van der Waals surface area contributed by atoms with Crippen molar-refractivity contribution in [2.45, 2.75) is 25.8 Å². The van der Waals surface area contributed by atoms with Gasteiger partial charge in [0.15, 0.2) is 0 Å². The fraction of sp³-hybridized carbons (Fsp3) is 0.571. The smallest absolute Gasteiger partial charge is 0.144 e. The molecule has 1 aliphatic carbocycles. The summed E-state index contributed by atoms with van der Waals surface area (Å²) in [5, 5.41) is 12.2. The van der Waals surface area contributed by atoms with Crippen molar-refractivity contribution >= 4 is 0 Å². The van der Waals surface area contributed by atoms with Gasteiger partial charge in [0.25, 0.3) is 0 Å². The predicted molar refractivity (Wildman–Crippen MR) is 68.8 cm³/mol. The summed E-state index contributed by atoms with van der Waals surface area (Å²) in [5.74, 6) is 0.839. The van der Waals surface area contributed by atoms with Gasteiger partial charge in [0, 0.05) is 31.5 Å². The maximum absolute atomic E-state index is 8.89. The topological polar surface area (TPSA) is 57.9 Å². The molecule has 0 amide bonds. The van der Waals surface area contributed by atoms with Crippen LogP contribution in [0.5, 0.6) is 0 Å². The van der Waals surface area contributed by atoms with Gasteiger partial charge in [0.2, 0.25) is 0 Å². The number of hydrogen-bond donors (Lipinski definition) is 1. The number of nitrogens with one attached hydrogen (secondary N) is 1. The molecule has 0 spiro atoms. The largest absolute Gasteiger partial charge is 0.381 e. The molecule has 0 saturated heterocycles. The van der Waals surface area contributed by atoms with Gasteiger partial charge in [-0.05, 0) is 37.8 Å². The highest BCUT2D eigenvalue weighted by atomic mass is 16.5. The maximum Gasteiger partial charge on any atom is 0.144 e. The van der Waals surface area contributed by atoms with Crippen molar-refractivity contribution in [3.05, 3.63) is 29.6 Å². The van der Waals surface area contributed by atoms with Crippen LogP contribution in [0.25, 0.3) is 0 Å². The van der Waals surface area contributed by atoms with Gasteiger partial charge in [0.1, 0.15) is 11.8 Å². The molecule has 0 radical (unpaired) electrons. The zero-order valence-electron chi connectivity index (χ0n) is 10.6. The van der Waals surface area contributed by atoms with Crippen LogP contribution in [0, 0.1) is 17.2 Å².